The molecule has 3 aliphatic heterocycles. The van der Waals surface area contributed by atoms with Crippen LogP contribution in [0.25, 0.3) is 33.5 Å². The molecule has 519 valence electrons. The van der Waals surface area contributed by atoms with Gasteiger partial charge in [-0.1, -0.05) is 17.7 Å². The SMILES string of the molecule is Cc1cc(F)cc(-c2cnc(N3CCN(C(=O)CCOCCOCCOCCOCCOCCOCCOCCOCCNC(=O)CN4CCN(CC(=O)O)CCN(CC(=O)O)CCN(CC(=O)O)CC4)CC3)c(-c3nc4cc(Cl)ccc4[nH]3)c2N2CCC(N)CC2)c1.[In]. The summed E-state index contributed by atoms with van der Waals surface area (Å²) in [5.74, 6) is -2.28. The topological polar surface area (TPSA) is 322 Å². The first-order valence-corrected chi connectivity index (χ1v) is 32.4. The van der Waals surface area contributed by atoms with Gasteiger partial charge in [0.05, 0.1) is 161 Å². The van der Waals surface area contributed by atoms with E-state index < -0.39 is 17.9 Å². The van der Waals surface area contributed by atoms with Crippen LogP contribution < -0.4 is 20.9 Å². The average molecular weight is 1440 g/mol. The molecule has 0 unspecified atom stereocenters. The average Bonchev–Trinajstić information content (AvgIpc) is 1.28. The predicted molar refractivity (Wildman–Crippen MR) is 351 cm³/mol. The Hall–Kier alpha value is -5.42. The monoisotopic (exact) mass is 1440 g/mol. The molecule has 5 heterocycles. The number of nitrogens with one attached hydrogen (secondary N) is 2. The van der Waals surface area contributed by atoms with Crippen LogP contribution in [0.15, 0.2) is 42.6 Å². The van der Waals surface area contributed by atoms with Crippen molar-refractivity contribution in [3.63, 3.8) is 0 Å². The number of amides is 2. The molecule has 0 bridgehead atoms. The van der Waals surface area contributed by atoms with E-state index in [1.807, 2.05) is 47.2 Å². The predicted octanol–water partition coefficient (Wildman–Crippen LogP) is 1.70. The van der Waals surface area contributed by atoms with Gasteiger partial charge in [0, 0.05) is 147 Å². The van der Waals surface area contributed by atoms with Crippen LogP contribution in [0.2, 0.25) is 5.02 Å². The number of carbonyl (C=O) groups is 5. The molecule has 3 radical (unpaired) electrons. The van der Waals surface area contributed by atoms with Crippen molar-refractivity contribution in [1.82, 2.24) is 44.8 Å². The summed E-state index contributed by atoms with van der Waals surface area (Å²) in [6.07, 6.45) is 3.69. The van der Waals surface area contributed by atoms with Crippen LogP contribution in [0.1, 0.15) is 24.8 Å². The van der Waals surface area contributed by atoms with Gasteiger partial charge in [-0.3, -0.25) is 43.6 Å². The second kappa shape index (κ2) is 43.0. The third-order valence-corrected chi connectivity index (χ3v) is 16.1. The molecule has 2 aromatic heterocycles. The maximum absolute atomic E-state index is 15.0. The molecule has 28 nitrogen and oxygen atoms in total. The molecule has 0 saturated carbocycles. The number of carbonyl (C=O) groups excluding carboxylic acids is 2. The molecule has 4 aromatic rings. The first-order chi connectivity index (χ1) is 45.1. The molecule has 0 aliphatic carbocycles. The largest absolute Gasteiger partial charge is 0.480 e. The number of hydrogen-bond donors (Lipinski definition) is 6. The fourth-order valence-corrected chi connectivity index (χ4v) is 11.2. The molecule has 31 heteroatoms. The molecule has 2 aromatic carbocycles. The van der Waals surface area contributed by atoms with Gasteiger partial charge in [-0.25, -0.2) is 14.4 Å². The second-order valence-corrected chi connectivity index (χ2v) is 23.4. The molecule has 94 heavy (non-hydrogen) atoms. The maximum Gasteiger partial charge on any atom is 0.317 e. The van der Waals surface area contributed by atoms with Crippen molar-refractivity contribution in [1.29, 1.82) is 0 Å². The van der Waals surface area contributed by atoms with Crippen molar-refractivity contribution in [2.24, 2.45) is 5.73 Å². The molecule has 7 rings (SSSR count). The summed E-state index contributed by atoms with van der Waals surface area (Å²) in [6.45, 7) is 13.4. The quantitative estimate of drug-likeness (QED) is 0.0346. The van der Waals surface area contributed by atoms with Gasteiger partial charge in [-0.2, -0.15) is 0 Å². The summed E-state index contributed by atoms with van der Waals surface area (Å²) < 4.78 is 59.8. The smallest absolute Gasteiger partial charge is 0.317 e. The maximum atomic E-state index is 15.0. The number of aliphatic carboxylic acids is 3. The Morgan fingerprint density at radius 1 is 0.596 bits per heavy atom. The van der Waals surface area contributed by atoms with Crippen molar-refractivity contribution in [3.8, 4) is 22.5 Å². The van der Waals surface area contributed by atoms with Crippen LogP contribution >= 0.6 is 11.6 Å². The van der Waals surface area contributed by atoms with Crippen molar-refractivity contribution < 1.29 is 81.6 Å². The van der Waals surface area contributed by atoms with E-state index in [9.17, 15) is 39.3 Å². The summed E-state index contributed by atoms with van der Waals surface area (Å²) in [5.41, 5.74) is 12.0. The van der Waals surface area contributed by atoms with Crippen LogP contribution in [0.3, 0.4) is 0 Å². The number of nitrogens with two attached hydrogens (primary N) is 1. The fourth-order valence-electron chi connectivity index (χ4n) is 11.0. The number of H-pyrrole nitrogens is 1. The van der Waals surface area contributed by atoms with Gasteiger partial charge in [-0.05, 0) is 61.2 Å². The molecule has 0 spiro atoms. The van der Waals surface area contributed by atoms with Gasteiger partial charge < -0.3 is 83.9 Å². The summed E-state index contributed by atoms with van der Waals surface area (Å²) >= 11 is 6.41. The molecule has 3 saturated heterocycles. The zero-order valence-electron chi connectivity index (χ0n) is 54.1. The number of piperidine rings is 1. The molecule has 2 amide bonds. The van der Waals surface area contributed by atoms with Gasteiger partial charge in [0.25, 0.3) is 0 Å². The summed E-state index contributed by atoms with van der Waals surface area (Å²) in [7, 11) is 0. The van der Waals surface area contributed by atoms with Gasteiger partial charge in [0.15, 0.2) is 0 Å². The zero-order valence-corrected chi connectivity index (χ0v) is 58.1. The van der Waals surface area contributed by atoms with E-state index in [0.29, 0.717) is 187 Å². The van der Waals surface area contributed by atoms with Gasteiger partial charge >= 0.3 is 17.9 Å². The number of nitrogens with zero attached hydrogens (tertiary/aromatic N) is 9. The number of carboxylic acids is 3. The van der Waals surface area contributed by atoms with Crippen molar-refractivity contribution in [2.75, 3.05) is 240 Å². The Kier molecular flexibility index (Phi) is 35.5. The second-order valence-electron chi connectivity index (χ2n) is 23.0. The molecule has 0 atom stereocenters. The Morgan fingerprint density at radius 3 is 1.52 bits per heavy atom. The Balaban J connectivity index is 0.0000140. The Labute approximate surface area is 572 Å². The molecular formula is C63H94ClFInN12O16. The minimum atomic E-state index is -1.03. The minimum Gasteiger partial charge on any atom is -0.480 e. The number of fused-ring (bicyclic) bond motifs is 1. The van der Waals surface area contributed by atoms with Crippen LogP contribution in [0.5, 0.6) is 0 Å². The number of aromatic amines is 1. The number of anilines is 2. The first kappa shape index (κ1) is 77.6. The third kappa shape index (κ3) is 28.0. The Bertz CT molecular complexity index is 2900. The molecule has 7 N–H and O–H groups in total. The van der Waals surface area contributed by atoms with Crippen LogP contribution in [0, 0.1) is 12.7 Å². The minimum absolute atomic E-state index is 0. The van der Waals surface area contributed by atoms with Crippen molar-refractivity contribution >= 4 is 89.7 Å². The van der Waals surface area contributed by atoms with Gasteiger partial charge in [0.1, 0.15) is 17.5 Å². The number of carboxylic acid groups (broad SMARTS) is 3. The normalized spacial score (nSPS) is 16.2. The number of hydrogen-bond acceptors (Lipinski definition) is 22. The summed E-state index contributed by atoms with van der Waals surface area (Å²) in [6, 6.07) is 10.7. The van der Waals surface area contributed by atoms with Gasteiger partial charge in [-0.15, -0.1) is 0 Å². The number of pyridine rings is 1. The fraction of sp³-hybridized carbons (Fsp3) is 0.635. The molecule has 3 aliphatic rings. The van der Waals surface area contributed by atoms with E-state index in [4.69, 9.17) is 65.2 Å². The van der Waals surface area contributed by atoms with E-state index in [0.717, 1.165) is 52.1 Å². The number of halogens is 2. The number of ether oxygens (including phenoxy) is 8. The number of piperazine rings is 1. The summed E-state index contributed by atoms with van der Waals surface area (Å²) in [4.78, 5) is 87.8. The zero-order chi connectivity index (χ0) is 66.2. The number of benzene rings is 2. The number of rotatable bonds is 39. The number of imidazole rings is 1. The summed E-state index contributed by atoms with van der Waals surface area (Å²) in [5, 5.41) is 31.7. The van der Waals surface area contributed by atoms with Crippen molar-refractivity contribution in [3.05, 3.63) is 59.0 Å². The van der Waals surface area contributed by atoms with E-state index in [1.54, 1.807) is 20.8 Å². The van der Waals surface area contributed by atoms with E-state index >= 15 is 4.39 Å². The Morgan fingerprint density at radius 2 is 1.05 bits per heavy atom. The van der Waals surface area contributed by atoms with Crippen LogP contribution in [-0.2, 0) is 61.9 Å². The van der Waals surface area contributed by atoms with Gasteiger partial charge in [0.2, 0.25) is 11.8 Å². The van der Waals surface area contributed by atoms with E-state index in [1.165, 1.54) is 6.07 Å². The molecule has 3 fully saturated rings. The van der Waals surface area contributed by atoms with Crippen LogP contribution in [-0.4, -0.2) is 346 Å². The standard InChI is InChI=1S/C63H94ClFN12O16.In/c1-47-38-48(40-50(65)39-47)52-42-68-63(60(61(52)76-8-4-51(66)5-9-76)62-69-53-3-2-49(64)41-54(53)70-62)77-20-18-75(19-21-77)56(79)6-22-86-24-26-88-28-30-90-32-34-92-36-37-93-35-33-91-31-29-89-27-25-87-23-7-67-55(78)43-71-10-12-72(44-57(80)81)14-16-74(46-59(84)85)17-15-73(13-11-71)45-58(82)83;/h2-3,38-42,51H,4-37,43-46,66H2,1H3,(H,67,78)(H,69,70)(H,80,81)(H,82,83)(H,84,85);. The van der Waals surface area contributed by atoms with Crippen LogP contribution in [0.4, 0.5) is 15.9 Å². The number of aromatic nitrogens is 3. The molecular weight excluding hydrogens is 1350 g/mol. The number of aryl methyl sites for hydroxylation is 1. The first-order valence-electron chi connectivity index (χ1n) is 32.0. The van der Waals surface area contributed by atoms with E-state index in [-0.39, 0.29) is 115 Å². The van der Waals surface area contributed by atoms with E-state index in [2.05, 4.69) is 20.1 Å². The van der Waals surface area contributed by atoms with Crippen molar-refractivity contribution in [2.45, 2.75) is 32.2 Å². The third-order valence-electron chi connectivity index (χ3n) is 15.9.